The van der Waals surface area contributed by atoms with Crippen molar-refractivity contribution in [3.05, 3.63) is 54.1 Å². The highest BCUT2D eigenvalue weighted by atomic mass is 16.5. The van der Waals surface area contributed by atoms with Gasteiger partial charge in [0.1, 0.15) is 5.75 Å². The van der Waals surface area contributed by atoms with Gasteiger partial charge in [0, 0.05) is 12.6 Å². The molecule has 0 N–H and O–H groups in total. The van der Waals surface area contributed by atoms with Crippen molar-refractivity contribution in [2.24, 2.45) is 0 Å². The van der Waals surface area contributed by atoms with Crippen molar-refractivity contribution in [3.63, 3.8) is 0 Å². The van der Waals surface area contributed by atoms with E-state index in [1.54, 1.807) is 7.11 Å². The molecule has 1 aliphatic heterocycles. The summed E-state index contributed by atoms with van der Waals surface area (Å²) in [7, 11) is 6.05. The van der Waals surface area contributed by atoms with Crippen LogP contribution in [0.3, 0.4) is 0 Å². The number of hydrogen-bond acceptors (Lipinski definition) is 3. The Morgan fingerprint density at radius 3 is 2.58 bits per heavy atom. The second-order valence-corrected chi connectivity index (χ2v) is 7.64. The SMILES string of the molecule is COc1ccc(-c2cccc(CN3CCCC[C@@H]3CCN(C)C)c2)cc1. The van der Waals surface area contributed by atoms with E-state index in [9.17, 15) is 0 Å². The maximum absolute atomic E-state index is 5.27. The third-order valence-corrected chi connectivity index (χ3v) is 5.39. The first-order chi connectivity index (χ1) is 12.7. The van der Waals surface area contributed by atoms with Gasteiger partial charge < -0.3 is 9.64 Å². The van der Waals surface area contributed by atoms with Crippen molar-refractivity contribution in [1.29, 1.82) is 0 Å². The molecule has 0 saturated carbocycles. The predicted molar refractivity (Wildman–Crippen MR) is 110 cm³/mol. The van der Waals surface area contributed by atoms with Crippen LogP contribution < -0.4 is 4.74 Å². The van der Waals surface area contributed by atoms with Crippen molar-refractivity contribution >= 4 is 0 Å². The van der Waals surface area contributed by atoms with E-state index < -0.39 is 0 Å². The lowest BCUT2D eigenvalue weighted by Gasteiger charge is -2.36. The first-order valence-corrected chi connectivity index (χ1v) is 9.78. The molecule has 1 saturated heterocycles. The minimum atomic E-state index is 0.718. The molecule has 2 aromatic carbocycles. The molecule has 3 nitrogen and oxygen atoms in total. The van der Waals surface area contributed by atoms with E-state index in [0.29, 0.717) is 0 Å². The summed E-state index contributed by atoms with van der Waals surface area (Å²) >= 11 is 0. The standard InChI is InChI=1S/C23H32N2O/c1-24(2)16-14-22-9-4-5-15-25(22)18-19-7-6-8-21(17-19)20-10-12-23(26-3)13-11-20/h6-8,10-13,17,22H,4-5,9,14-16,18H2,1-3H3/t22-/m1/s1. The number of piperidine rings is 1. The average Bonchev–Trinajstić information content (AvgIpc) is 2.67. The molecule has 1 aliphatic rings. The Kier molecular flexibility index (Phi) is 6.70. The quantitative estimate of drug-likeness (QED) is 0.720. The maximum Gasteiger partial charge on any atom is 0.118 e. The lowest BCUT2D eigenvalue weighted by molar-refractivity contribution is 0.124. The van der Waals surface area contributed by atoms with E-state index in [1.807, 2.05) is 12.1 Å². The summed E-state index contributed by atoms with van der Waals surface area (Å²) in [6, 6.07) is 18.1. The van der Waals surface area contributed by atoms with Gasteiger partial charge in [0.25, 0.3) is 0 Å². The summed E-state index contributed by atoms with van der Waals surface area (Å²) in [5.74, 6) is 0.905. The van der Waals surface area contributed by atoms with Gasteiger partial charge in [0.2, 0.25) is 0 Å². The van der Waals surface area contributed by atoms with Crippen LogP contribution in [0.15, 0.2) is 48.5 Å². The molecule has 0 radical (unpaired) electrons. The molecule has 3 heteroatoms. The van der Waals surface area contributed by atoms with Gasteiger partial charge in [-0.05, 0) is 81.3 Å². The smallest absolute Gasteiger partial charge is 0.118 e. The van der Waals surface area contributed by atoms with E-state index in [4.69, 9.17) is 4.74 Å². The van der Waals surface area contributed by atoms with Gasteiger partial charge >= 0.3 is 0 Å². The number of ether oxygens (including phenoxy) is 1. The summed E-state index contributed by atoms with van der Waals surface area (Å²) in [5, 5.41) is 0. The number of nitrogens with zero attached hydrogens (tertiary/aromatic N) is 2. The van der Waals surface area contributed by atoms with Crippen LogP contribution in [0.4, 0.5) is 0 Å². The Morgan fingerprint density at radius 1 is 1.04 bits per heavy atom. The van der Waals surface area contributed by atoms with Crippen LogP contribution in [0.5, 0.6) is 5.75 Å². The molecule has 0 amide bonds. The van der Waals surface area contributed by atoms with Crippen LogP contribution >= 0.6 is 0 Å². The third-order valence-electron chi connectivity index (χ3n) is 5.39. The van der Waals surface area contributed by atoms with Crippen molar-refractivity contribution in [2.75, 3.05) is 34.3 Å². The Labute approximate surface area is 158 Å². The van der Waals surface area contributed by atoms with E-state index in [0.717, 1.165) is 18.3 Å². The van der Waals surface area contributed by atoms with Crippen LogP contribution in [0.1, 0.15) is 31.2 Å². The molecule has 0 aliphatic carbocycles. The highest BCUT2D eigenvalue weighted by Crippen LogP contribution is 2.26. The summed E-state index contributed by atoms with van der Waals surface area (Å²) in [6.45, 7) is 3.46. The summed E-state index contributed by atoms with van der Waals surface area (Å²) in [5.41, 5.74) is 3.94. The Hall–Kier alpha value is -1.84. The molecule has 0 bridgehead atoms. The number of likely N-dealkylation sites (tertiary alicyclic amines) is 1. The van der Waals surface area contributed by atoms with Gasteiger partial charge in [-0.15, -0.1) is 0 Å². The van der Waals surface area contributed by atoms with Crippen LogP contribution in [0, 0.1) is 0 Å². The molecule has 1 fully saturated rings. The zero-order chi connectivity index (χ0) is 18.4. The second-order valence-electron chi connectivity index (χ2n) is 7.64. The highest BCUT2D eigenvalue weighted by molar-refractivity contribution is 5.64. The van der Waals surface area contributed by atoms with Crippen LogP contribution in [0.2, 0.25) is 0 Å². The number of methoxy groups -OCH3 is 1. The molecular formula is C23H32N2O. The summed E-state index contributed by atoms with van der Waals surface area (Å²) in [6.07, 6.45) is 5.31. The topological polar surface area (TPSA) is 15.7 Å². The molecule has 1 heterocycles. The molecule has 0 aromatic heterocycles. The number of hydrogen-bond donors (Lipinski definition) is 0. The zero-order valence-electron chi connectivity index (χ0n) is 16.4. The van der Waals surface area contributed by atoms with E-state index in [1.165, 1.54) is 55.5 Å². The predicted octanol–water partition coefficient (Wildman–Crippen LogP) is 4.67. The van der Waals surface area contributed by atoms with E-state index >= 15 is 0 Å². The minimum Gasteiger partial charge on any atom is -0.497 e. The Balaban J connectivity index is 1.70. The van der Waals surface area contributed by atoms with Gasteiger partial charge in [0.05, 0.1) is 7.11 Å². The molecule has 0 unspecified atom stereocenters. The van der Waals surface area contributed by atoms with Crippen LogP contribution in [-0.2, 0) is 6.54 Å². The van der Waals surface area contributed by atoms with E-state index in [-0.39, 0.29) is 0 Å². The molecule has 140 valence electrons. The van der Waals surface area contributed by atoms with E-state index in [2.05, 4.69) is 60.3 Å². The first kappa shape index (κ1) is 18.9. The van der Waals surface area contributed by atoms with Crippen molar-refractivity contribution in [1.82, 2.24) is 9.80 Å². The maximum atomic E-state index is 5.27. The number of benzene rings is 2. The number of rotatable bonds is 7. The summed E-state index contributed by atoms with van der Waals surface area (Å²) in [4.78, 5) is 5.00. The van der Waals surface area contributed by atoms with Crippen LogP contribution in [-0.4, -0.2) is 50.1 Å². The molecule has 3 rings (SSSR count). The van der Waals surface area contributed by atoms with Gasteiger partial charge in [-0.3, -0.25) is 4.90 Å². The largest absolute Gasteiger partial charge is 0.497 e. The average molecular weight is 353 g/mol. The fraction of sp³-hybridized carbons (Fsp3) is 0.478. The van der Waals surface area contributed by atoms with Crippen LogP contribution in [0.25, 0.3) is 11.1 Å². The fourth-order valence-corrected chi connectivity index (χ4v) is 3.87. The van der Waals surface area contributed by atoms with Gasteiger partial charge in [0.15, 0.2) is 0 Å². The fourth-order valence-electron chi connectivity index (χ4n) is 3.87. The van der Waals surface area contributed by atoms with Gasteiger partial charge in [-0.2, -0.15) is 0 Å². The molecular weight excluding hydrogens is 320 g/mol. The van der Waals surface area contributed by atoms with Crippen molar-refractivity contribution < 1.29 is 4.74 Å². The zero-order valence-corrected chi connectivity index (χ0v) is 16.4. The third kappa shape index (κ3) is 5.09. The molecule has 26 heavy (non-hydrogen) atoms. The summed E-state index contributed by atoms with van der Waals surface area (Å²) < 4.78 is 5.27. The molecule has 0 spiro atoms. The lowest BCUT2D eigenvalue weighted by Crippen LogP contribution is -2.40. The lowest BCUT2D eigenvalue weighted by atomic mass is 9.97. The normalized spacial score (nSPS) is 18.2. The van der Waals surface area contributed by atoms with Crippen molar-refractivity contribution in [3.8, 4) is 16.9 Å². The Bertz CT molecular complexity index is 681. The minimum absolute atomic E-state index is 0.718. The monoisotopic (exact) mass is 352 g/mol. The van der Waals surface area contributed by atoms with Crippen molar-refractivity contribution in [2.45, 2.75) is 38.3 Å². The molecule has 1 atom stereocenters. The van der Waals surface area contributed by atoms with Gasteiger partial charge in [-0.25, -0.2) is 0 Å². The second kappa shape index (κ2) is 9.20. The first-order valence-electron chi connectivity index (χ1n) is 9.78. The molecule has 2 aromatic rings. The Morgan fingerprint density at radius 2 is 1.85 bits per heavy atom. The van der Waals surface area contributed by atoms with Gasteiger partial charge in [-0.1, -0.05) is 36.8 Å². The highest BCUT2D eigenvalue weighted by Gasteiger charge is 2.22.